The number of carbonyl (C=O) groups excluding carboxylic acids is 2. The van der Waals surface area contributed by atoms with Crippen molar-refractivity contribution in [2.45, 2.75) is 95.6 Å². The van der Waals surface area contributed by atoms with Crippen LogP contribution in [-0.4, -0.2) is 99.2 Å². The summed E-state index contributed by atoms with van der Waals surface area (Å²) in [5, 5.41) is 18.4. The Morgan fingerprint density at radius 2 is 1.92 bits per heavy atom. The summed E-state index contributed by atoms with van der Waals surface area (Å²) in [7, 11) is 3.35. The van der Waals surface area contributed by atoms with Crippen LogP contribution in [0, 0.1) is 23.0 Å². The first-order chi connectivity index (χ1) is 28.6. The van der Waals surface area contributed by atoms with Gasteiger partial charge in [0, 0.05) is 56.5 Å². The number of carbonyl (C=O) groups is 2. The Morgan fingerprint density at radius 1 is 1.12 bits per heavy atom. The third kappa shape index (κ3) is 7.16. The van der Waals surface area contributed by atoms with E-state index in [1.165, 1.54) is 17.0 Å². The number of nitrogens with zero attached hydrogens (tertiary/aromatic N) is 8. The predicted octanol–water partition coefficient (Wildman–Crippen LogP) is 8.15. The Morgan fingerprint density at radius 3 is 2.65 bits per heavy atom. The molecule has 3 aliphatic heterocycles. The fraction of sp³-hybridized carbons (Fsp3) is 0.488. The quantitative estimate of drug-likeness (QED) is 0.163. The minimum atomic E-state index is -0.975. The van der Waals surface area contributed by atoms with Crippen molar-refractivity contribution in [2.75, 3.05) is 50.6 Å². The normalized spacial score (nSPS) is 20.5. The maximum Gasteiger partial charge on any atom is 0.412 e. The molecule has 0 bridgehead atoms. The second kappa shape index (κ2) is 14.9. The SMILES string of the molecule is CN(C)C(=O)c1cc2n(n1)CCCN(c1nc(OC[C@@]34CCCN3C[C@H](F)C4)nc3c(F)c(-c4ccc(F)c5sc(NC(=O)OC(C)(C)C)c(C#N)c45)c(C4CC4)cc13)C2. The topological polar surface area (TPSA) is 142 Å². The number of ether oxygens (including phenoxy) is 2. The number of benzene rings is 2. The Balaban J connectivity index is 1.21. The summed E-state index contributed by atoms with van der Waals surface area (Å²) in [6.45, 7) is 7.75. The molecule has 3 fully saturated rings. The van der Waals surface area contributed by atoms with Crippen LogP contribution in [0.3, 0.4) is 0 Å². The van der Waals surface area contributed by atoms with E-state index in [4.69, 9.17) is 19.4 Å². The van der Waals surface area contributed by atoms with Gasteiger partial charge < -0.3 is 19.3 Å². The third-order valence-electron chi connectivity index (χ3n) is 11.9. The molecule has 1 saturated carbocycles. The number of nitriles is 1. The van der Waals surface area contributed by atoms with Crippen LogP contribution >= 0.6 is 11.3 Å². The maximum atomic E-state index is 17.9. The molecule has 4 aliphatic rings. The van der Waals surface area contributed by atoms with Gasteiger partial charge in [0.05, 0.1) is 28.0 Å². The van der Waals surface area contributed by atoms with Gasteiger partial charge in [0.25, 0.3) is 5.91 Å². The smallest absolute Gasteiger partial charge is 0.412 e. The molecule has 13 nitrogen and oxygen atoms in total. The number of amides is 2. The largest absolute Gasteiger partial charge is 0.461 e. The van der Waals surface area contributed by atoms with E-state index >= 15 is 8.78 Å². The van der Waals surface area contributed by atoms with Crippen molar-refractivity contribution in [2.24, 2.45) is 0 Å². The fourth-order valence-corrected chi connectivity index (χ4v) is 10.2. The number of rotatable bonds is 8. The van der Waals surface area contributed by atoms with E-state index < -0.39 is 35.0 Å². The first-order valence-electron chi connectivity index (χ1n) is 20.4. The zero-order valence-corrected chi connectivity index (χ0v) is 35.0. The van der Waals surface area contributed by atoms with Gasteiger partial charge in [0.1, 0.15) is 46.6 Å². The molecule has 0 unspecified atom stereocenters. The summed E-state index contributed by atoms with van der Waals surface area (Å²) in [5.41, 5.74) is 0.873. The highest BCUT2D eigenvalue weighted by Gasteiger charge is 2.49. The number of fused-ring (bicyclic) bond motifs is 4. The average molecular weight is 842 g/mol. The minimum absolute atomic E-state index is 0.0135. The van der Waals surface area contributed by atoms with E-state index in [-0.39, 0.29) is 61.7 Å². The number of anilines is 2. The van der Waals surface area contributed by atoms with Gasteiger partial charge >= 0.3 is 12.1 Å². The highest BCUT2D eigenvalue weighted by Crippen LogP contribution is 2.51. The first-order valence-corrected chi connectivity index (χ1v) is 21.2. The molecule has 1 aliphatic carbocycles. The number of thiophene rings is 1. The van der Waals surface area contributed by atoms with Crippen molar-refractivity contribution >= 4 is 55.1 Å². The van der Waals surface area contributed by atoms with Crippen LogP contribution in [-0.2, 0) is 17.8 Å². The lowest BCUT2D eigenvalue weighted by molar-refractivity contribution is 0.0636. The van der Waals surface area contributed by atoms with Gasteiger partial charge in [0.2, 0.25) is 0 Å². The van der Waals surface area contributed by atoms with Crippen molar-refractivity contribution < 1.29 is 32.2 Å². The minimum Gasteiger partial charge on any atom is -0.461 e. The van der Waals surface area contributed by atoms with Gasteiger partial charge in [-0.2, -0.15) is 20.3 Å². The van der Waals surface area contributed by atoms with Crippen molar-refractivity contribution in [1.82, 2.24) is 29.5 Å². The summed E-state index contributed by atoms with van der Waals surface area (Å²) in [6, 6.07) is 8.47. The molecule has 0 radical (unpaired) electrons. The Labute approximate surface area is 349 Å². The zero-order chi connectivity index (χ0) is 42.2. The maximum absolute atomic E-state index is 17.9. The number of hydrogen-bond acceptors (Lipinski definition) is 11. The highest BCUT2D eigenvalue weighted by atomic mass is 32.1. The summed E-state index contributed by atoms with van der Waals surface area (Å²) >= 11 is 0.883. The zero-order valence-electron chi connectivity index (χ0n) is 34.2. The third-order valence-corrected chi connectivity index (χ3v) is 13.0. The molecular weight excluding hydrogens is 796 g/mol. The predicted molar refractivity (Wildman–Crippen MR) is 221 cm³/mol. The molecule has 2 saturated heterocycles. The molecule has 2 atom stereocenters. The molecule has 0 spiro atoms. The highest BCUT2D eigenvalue weighted by molar-refractivity contribution is 7.23. The molecule has 3 aromatic heterocycles. The molecular formula is C43H46F3N9O4S. The van der Waals surface area contributed by atoms with Crippen LogP contribution in [0.15, 0.2) is 24.3 Å². The summed E-state index contributed by atoms with van der Waals surface area (Å²) in [6.07, 6.45) is 2.45. The van der Waals surface area contributed by atoms with Crippen molar-refractivity contribution in [3.63, 3.8) is 0 Å². The second-order valence-electron chi connectivity index (χ2n) is 17.6. The van der Waals surface area contributed by atoms with Crippen LogP contribution < -0.4 is 15.0 Å². The van der Waals surface area contributed by atoms with Gasteiger partial charge in [-0.25, -0.2) is 18.0 Å². The van der Waals surface area contributed by atoms with Gasteiger partial charge in [-0.3, -0.25) is 19.7 Å². The van der Waals surface area contributed by atoms with E-state index in [1.807, 2.05) is 15.6 Å². The van der Waals surface area contributed by atoms with E-state index in [9.17, 15) is 19.2 Å². The van der Waals surface area contributed by atoms with Crippen LogP contribution in [0.25, 0.3) is 32.1 Å². The standard InChI is InChI=1S/C43H46F3N9O4S/c1-42(2,3)59-41(57)50-38-29(19-47)33-26(10-11-30(45)36(33)60-38)32-27(23-8-9-23)17-28-35(34(32)46)48-40(58-22-43-12-6-14-54(43)20-24(44)18-43)49-37(28)53-13-7-15-55-25(21-53)16-31(51-55)39(56)52(4)5/h10-11,16-17,23-24H,6-9,12-15,18,20-22H2,1-5H3,(H,50,57)/t24-,43+/m1/s1. The van der Waals surface area contributed by atoms with Gasteiger partial charge in [0.15, 0.2) is 11.5 Å². The van der Waals surface area contributed by atoms with Crippen LogP contribution in [0.1, 0.15) is 92.5 Å². The van der Waals surface area contributed by atoms with Gasteiger partial charge in [-0.15, -0.1) is 11.3 Å². The summed E-state index contributed by atoms with van der Waals surface area (Å²) in [5.74, 6) is -1.11. The summed E-state index contributed by atoms with van der Waals surface area (Å²) in [4.78, 5) is 41.1. The fourth-order valence-electron chi connectivity index (χ4n) is 9.10. The molecule has 6 heterocycles. The molecule has 60 heavy (non-hydrogen) atoms. The number of alkyl halides is 1. The van der Waals surface area contributed by atoms with Gasteiger partial charge in [-0.05, 0) is 94.7 Å². The lowest BCUT2D eigenvalue weighted by Gasteiger charge is -2.31. The number of aryl methyl sites for hydroxylation is 1. The van der Waals surface area contributed by atoms with Crippen molar-refractivity contribution in [3.05, 3.63) is 58.4 Å². The molecule has 17 heteroatoms. The molecule has 2 aromatic carbocycles. The lowest BCUT2D eigenvalue weighted by Crippen LogP contribution is -2.43. The number of hydrogen-bond donors (Lipinski definition) is 1. The number of nitrogens with one attached hydrogen (secondary N) is 1. The lowest BCUT2D eigenvalue weighted by atomic mass is 9.91. The van der Waals surface area contributed by atoms with Crippen LogP contribution in [0.5, 0.6) is 6.01 Å². The van der Waals surface area contributed by atoms with Crippen LogP contribution in [0.2, 0.25) is 0 Å². The number of halogens is 3. The molecule has 314 valence electrons. The second-order valence-corrected chi connectivity index (χ2v) is 18.6. The molecule has 5 aromatic rings. The monoisotopic (exact) mass is 841 g/mol. The number of aromatic nitrogens is 4. The van der Waals surface area contributed by atoms with E-state index in [0.717, 1.165) is 49.3 Å². The van der Waals surface area contributed by atoms with Crippen LogP contribution in [0.4, 0.5) is 28.8 Å². The molecule has 9 rings (SSSR count). The van der Waals surface area contributed by atoms with E-state index in [0.29, 0.717) is 61.5 Å². The Hall–Kier alpha value is -5.47. The van der Waals surface area contributed by atoms with E-state index in [1.54, 1.807) is 40.9 Å². The van der Waals surface area contributed by atoms with Gasteiger partial charge in [-0.1, -0.05) is 6.07 Å². The Bertz CT molecular complexity index is 2610. The van der Waals surface area contributed by atoms with E-state index in [2.05, 4.69) is 21.4 Å². The van der Waals surface area contributed by atoms with Crippen molar-refractivity contribution in [3.8, 4) is 23.2 Å². The summed E-state index contributed by atoms with van der Waals surface area (Å²) < 4.78 is 62.2. The Kier molecular flexibility index (Phi) is 9.93. The average Bonchev–Trinajstić information content (AvgIpc) is 3.64. The first kappa shape index (κ1) is 40.0. The van der Waals surface area contributed by atoms with Crippen molar-refractivity contribution in [1.29, 1.82) is 5.26 Å². The molecule has 1 N–H and O–H groups in total. The molecule has 2 amide bonds.